The van der Waals surface area contributed by atoms with Crippen LogP contribution in [0.5, 0.6) is 0 Å². The molecule has 2 aliphatic heterocycles. The number of aromatic nitrogens is 5. The van der Waals surface area contributed by atoms with Crippen LogP contribution in [0.2, 0.25) is 0 Å². The summed E-state index contributed by atoms with van der Waals surface area (Å²) in [4.78, 5) is 58.0. The highest BCUT2D eigenvalue weighted by molar-refractivity contribution is 8.01. The number of oxime groups is 1. The minimum Gasteiger partial charge on any atom is -0.477 e. The van der Waals surface area contributed by atoms with Crippen molar-refractivity contribution in [2.45, 2.75) is 30.8 Å². The van der Waals surface area contributed by atoms with Crippen molar-refractivity contribution in [1.29, 1.82) is 0 Å². The fourth-order valence-electron chi connectivity index (χ4n) is 4.52. The topological polar surface area (TPSA) is 230 Å². The van der Waals surface area contributed by atoms with Crippen molar-refractivity contribution in [3.63, 3.8) is 0 Å². The Balaban J connectivity index is 1.47. The molecule has 0 radical (unpaired) electrons. The molecular formula is C21H20N9O7S2+. The minimum atomic E-state index is -1.56. The van der Waals surface area contributed by atoms with E-state index in [1.807, 2.05) is 0 Å². The first-order valence-electron chi connectivity index (χ1n) is 11.1. The second kappa shape index (κ2) is 9.02. The maximum atomic E-state index is 13.5. The number of nitrogens with zero attached hydrogens (tertiary/aromatic N) is 7. The van der Waals surface area contributed by atoms with Gasteiger partial charge in [0.2, 0.25) is 0 Å². The lowest BCUT2D eigenvalue weighted by molar-refractivity contribution is -0.668. The third-order valence-corrected chi connectivity index (χ3v) is 8.95. The number of aromatic carboxylic acids is 1. The van der Waals surface area contributed by atoms with Crippen molar-refractivity contribution in [3.8, 4) is 0 Å². The number of carbonyl (C=O) groups is 4. The van der Waals surface area contributed by atoms with Crippen LogP contribution >= 0.6 is 23.1 Å². The highest BCUT2D eigenvalue weighted by atomic mass is 32.2. The molecule has 5 heterocycles. The third-order valence-electron chi connectivity index (χ3n) is 6.63. The van der Waals surface area contributed by atoms with Crippen molar-refractivity contribution in [3.05, 3.63) is 46.6 Å². The van der Waals surface area contributed by atoms with E-state index in [1.165, 1.54) is 39.3 Å². The lowest BCUT2D eigenvalue weighted by Gasteiger charge is -2.63. The average molecular weight is 575 g/mol. The fourth-order valence-corrected chi connectivity index (χ4v) is 6.48. The molecule has 1 fully saturated rings. The number of amides is 2. The van der Waals surface area contributed by atoms with Crippen molar-refractivity contribution < 1.29 is 39.2 Å². The summed E-state index contributed by atoms with van der Waals surface area (Å²) in [5.41, 5.74) is 3.71. The molecule has 3 aromatic rings. The first kappa shape index (κ1) is 26.0. The van der Waals surface area contributed by atoms with Crippen LogP contribution in [0.3, 0.4) is 0 Å². The van der Waals surface area contributed by atoms with Gasteiger partial charge in [-0.1, -0.05) is 10.3 Å². The Labute approximate surface area is 226 Å². The molecular weight excluding hydrogens is 554 g/mol. The van der Waals surface area contributed by atoms with E-state index in [4.69, 9.17) is 5.73 Å². The highest BCUT2D eigenvalue weighted by Crippen LogP contribution is 2.54. The summed E-state index contributed by atoms with van der Waals surface area (Å²) in [5.74, 6) is -4.36. The number of carboxylic acids is 2. The van der Waals surface area contributed by atoms with Crippen molar-refractivity contribution in [1.82, 2.24) is 29.8 Å². The molecule has 0 saturated carbocycles. The molecule has 0 aliphatic carbocycles. The fraction of sp³-hybridized carbons (Fsp3) is 0.286. The molecule has 2 amide bonds. The Hall–Kier alpha value is -4.58. The number of fused-ring (bicyclic) bond motifs is 2. The zero-order valence-corrected chi connectivity index (χ0v) is 21.9. The molecule has 39 heavy (non-hydrogen) atoms. The number of anilines is 1. The van der Waals surface area contributed by atoms with Gasteiger partial charge in [0, 0.05) is 22.8 Å². The summed E-state index contributed by atoms with van der Waals surface area (Å²) >= 11 is 2.27. The van der Waals surface area contributed by atoms with E-state index < -0.39 is 45.7 Å². The number of nitrogens with two attached hydrogens (primary N) is 1. The number of hydrogen-bond donors (Lipinski definition) is 5. The molecule has 0 aromatic carbocycles. The van der Waals surface area contributed by atoms with Crippen LogP contribution < -0.4 is 15.6 Å². The molecule has 5 rings (SSSR count). The van der Waals surface area contributed by atoms with Crippen molar-refractivity contribution in [2.75, 3.05) is 11.5 Å². The second-order valence-corrected chi connectivity index (χ2v) is 11.1. The van der Waals surface area contributed by atoms with Gasteiger partial charge in [0.1, 0.15) is 21.8 Å². The summed E-state index contributed by atoms with van der Waals surface area (Å²) in [5, 5.41) is 39.8. The summed E-state index contributed by atoms with van der Waals surface area (Å²) in [6, 6.07) is 1.59. The van der Waals surface area contributed by atoms with Gasteiger partial charge < -0.3 is 26.5 Å². The van der Waals surface area contributed by atoms with E-state index in [2.05, 4.69) is 25.5 Å². The number of carboxylic acid groups (broad SMARTS) is 2. The number of aliphatic carboxylic acids is 1. The molecule has 18 heteroatoms. The third kappa shape index (κ3) is 3.86. The number of thiazole rings is 1. The van der Waals surface area contributed by atoms with E-state index >= 15 is 0 Å². The SMILES string of the molecule is C[C@]12SCC(C[n+]3cccn4nc(C(=O)O)nc43)=C(C(=O)O)N1C(=O)[C@@]2(C)NC(=O)/C(=N\O)c1csc(N)n1. The predicted octanol–water partition coefficient (Wildman–Crippen LogP) is -0.849. The Morgan fingerprint density at radius 2 is 2.00 bits per heavy atom. The number of rotatable bonds is 7. The Morgan fingerprint density at radius 1 is 1.26 bits per heavy atom. The summed E-state index contributed by atoms with van der Waals surface area (Å²) < 4.78 is 2.78. The van der Waals surface area contributed by atoms with Crippen molar-refractivity contribution >= 4 is 63.5 Å². The Morgan fingerprint density at radius 3 is 2.62 bits per heavy atom. The molecule has 0 unspecified atom stereocenters. The molecule has 16 nitrogen and oxygen atoms in total. The van der Waals surface area contributed by atoms with Crippen LogP contribution in [-0.2, 0) is 20.9 Å². The normalized spacial score (nSPS) is 23.0. The van der Waals surface area contributed by atoms with Gasteiger partial charge in [0.25, 0.3) is 11.8 Å². The van der Waals surface area contributed by atoms with E-state index in [9.17, 15) is 34.6 Å². The second-order valence-electron chi connectivity index (χ2n) is 8.87. The first-order valence-corrected chi connectivity index (χ1v) is 13.0. The predicted molar refractivity (Wildman–Crippen MR) is 134 cm³/mol. The number of nitrogens with one attached hydrogen (secondary N) is 1. The molecule has 0 bridgehead atoms. The number of carbonyl (C=O) groups excluding carboxylic acids is 2. The average Bonchev–Trinajstić information content (AvgIpc) is 3.52. The number of nitrogen functional groups attached to an aromatic ring is 1. The standard InChI is InChI=1S/C21H19N9O7S2/c1-20(25-14(31)11(27-37)10-8-38-18(22)23-10)17(36)30-12(15(32)33)9(7-39-21(20,30)2)6-28-4-3-5-29-19(28)24-13(26-29)16(34)35/h3-5,8H,6-7H2,1-2H3,(H5-,22,23,25,31,32,33,34,35,37)/p+1/t20-,21-/m1/s1. The summed E-state index contributed by atoms with van der Waals surface area (Å²) in [7, 11) is 0. The number of β-lactam (4-membered cyclic amide) rings is 1. The van der Waals surface area contributed by atoms with Gasteiger partial charge in [0.15, 0.2) is 10.8 Å². The van der Waals surface area contributed by atoms with E-state index in [0.717, 1.165) is 16.2 Å². The van der Waals surface area contributed by atoms with Gasteiger partial charge in [-0.15, -0.1) is 27.6 Å². The minimum absolute atomic E-state index is 0.0188. The number of thioether (sulfide) groups is 1. The molecule has 0 spiro atoms. The van der Waals surface area contributed by atoms with Gasteiger partial charge in [-0.05, 0) is 18.8 Å². The molecule has 2 atom stereocenters. The van der Waals surface area contributed by atoms with Crippen LogP contribution in [0.25, 0.3) is 5.78 Å². The monoisotopic (exact) mass is 574 g/mol. The van der Waals surface area contributed by atoms with Gasteiger partial charge >= 0.3 is 23.5 Å². The van der Waals surface area contributed by atoms with Crippen LogP contribution in [-0.4, -0.2) is 85.5 Å². The maximum absolute atomic E-state index is 13.5. The Kier molecular flexibility index (Phi) is 6.02. The van der Waals surface area contributed by atoms with Gasteiger partial charge in [0.05, 0.1) is 18.9 Å². The quantitative estimate of drug-likeness (QED) is 0.0764. The largest absolute Gasteiger partial charge is 0.477 e. The van der Waals surface area contributed by atoms with Gasteiger partial charge in [-0.25, -0.2) is 19.1 Å². The first-order chi connectivity index (χ1) is 18.4. The summed E-state index contributed by atoms with van der Waals surface area (Å²) in [6.45, 7) is 3.07. The lowest BCUT2D eigenvalue weighted by Crippen LogP contribution is -2.85. The molecule has 6 N–H and O–H groups in total. The van der Waals surface area contributed by atoms with E-state index in [1.54, 1.807) is 19.2 Å². The maximum Gasteiger partial charge on any atom is 0.425 e. The zero-order chi connectivity index (χ0) is 28.3. The van der Waals surface area contributed by atoms with Crippen LogP contribution in [0.4, 0.5) is 5.13 Å². The summed E-state index contributed by atoms with van der Waals surface area (Å²) in [6.07, 6.45) is 3.09. The van der Waals surface area contributed by atoms with Gasteiger partial charge in [-0.2, -0.15) is 0 Å². The van der Waals surface area contributed by atoms with Crippen molar-refractivity contribution in [2.24, 2.45) is 5.16 Å². The molecule has 202 valence electrons. The number of hydrogen-bond acceptors (Lipinski definition) is 12. The highest BCUT2D eigenvalue weighted by Gasteiger charge is 2.70. The van der Waals surface area contributed by atoms with Crippen LogP contribution in [0.15, 0.2) is 40.3 Å². The zero-order valence-electron chi connectivity index (χ0n) is 20.2. The van der Waals surface area contributed by atoms with Crippen LogP contribution in [0.1, 0.15) is 30.2 Å². The van der Waals surface area contributed by atoms with E-state index in [0.29, 0.717) is 5.57 Å². The Bertz CT molecular complexity index is 1650. The van der Waals surface area contributed by atoms with Crippen LogP contribution in [0, 0.1) is 0 Å². The van der Waals surface area contributed by atoms with Gasteiger partial charge in [-0.3, -0.25) is 14.5 Å². The lowest BCUT2D eigenvalue weighted by atomic mass is 9.78. The molecule has 2 aliphatic rings. The van der Waals surface area contributed by atoms with E-state index in [-0.39, 0.29) is 34.6 Å². The molecule has 3 aromatic heterocycles. The molecule has 1 saturated heterocycles. The smallest absolute Gasteiger partial charge is 0.425 e.